The van der Waals surface area contributed by atoms with E-state index in [1.54, 1.807) is 22.6 Å². The minimum atomic E-state index is -3.48. The van der Waals surface area contributed by atoms with E-state index in [9.17, 15) is 8.42 Å². The molecule has 0 bridgehead atoms. The van der Waals surface area contributed by atoms with Crippen LogP contribution in [0.4, 0.5) is 0 Å². The van der Waals surface area contributed by atoms with Crippen LogP contribution < -0.4 is 0 Å². The molecule has 1 unspecified atom stereocenters. The van der Waals surface area contributed by atoms with Crippen LogP contribution in [0.2, 0.25) is 0 Å². The van der Waals surface area contributed by atoms with Gasteiger partial charge in [-0.25, -0.2) is 18.4 Å². The third-order valence-corrected chi connectivity index (χ3v) is 7.24. The fourth-order valence-corrected chi connectivity index (χ4v) is 5.24. The number of benzene rings is 1. The van der Waals surface area contributed by atoms with E-state index in [2.05, 4.69) is 18.8 Å². The second-order valence-electron chi connectivity index (χ2n) is 7.45. The summed E-state index contributed by atoms with van der Waals surface area (Å²) in [5.41, 5.74) is 2.82. The minimum Gasteiger partial charge on any atom is -0.316 e. The van der Waals surface area contributed by atoms with Crippen LogP contribution >= 0.6 is 0 Å². The molecule has 3 aromatic rings. The van der Waals surface area contributed by atoms with E-state index in [-0.39, 0.29) is 5.92 Å². The van der Waals surface area contributed by atoms with E-state index in [0.29, 0.717) is 23.9 Å². The maximum absolute atomic E-state index is 13.0. The molecule has 0 saturated carbocycles. The summed E-state index contributed by atoms with van der Waals surface area (Å²) in [6.45, 7) is 5.15. The van der Waals surface area contributed by atoms with Gasteiger partial charge in [0.25, 0.3) is 0 Å². The smallest absolute Gasteiger partial charge is 0.243 e. The Morgan fingerprint density at radius 1 is 1.15 bits per heavy atom. The standard InChI is InChI=1S/C20H24N4O2S/c1-14(2)15-6-8-17(9-7-15)27(25,26)24-12-10-16(13-24)19-22-18-5-4-11-21-20(18)23(19)3/h4-9,11,14,16H,10,12-13H2,1-3H3. The zero-order valence-corrected chi connectivity index (χ0v) is 16.6. The van der Waals surface area contributed by atoms with Crippen molar-refractivity contribution < 1.29 is 8.42 Å². The Bertz CT molecular complexity index is 1070. The molecule has 7 heteroatoms. The molecule has 142 valence electrons. The van der Waals surface area contributed by atoms with Gasteiger partial charge >= 0.3 is 0 Å². The van der Waals surface area contributed by atoms with Crippen molar-refractivity contribution in [1.29, 1.82) is 0 Å². The fourth-order valence-electron chi connectivity index (χ4n) is 3.74. The second-order valence-corrected chi connectivity index (χ2v) is 9.39. The van der Waals surface area contributed by atoms with Gasteiger partial charge in [0.15, 0.2) is 5.65 Å². The number of fused-ring (bicyclic) bond motifs is 1. The average molecular weight is 385 g/mol. The lowest BCUT2D eigenvalue weighted by Crippen LogP contribution is -2.29. The Morgan fingerprint density at radius 3 is 2.56 bits per heavy atom. The van der Waals surface area contributed by atoms with E-state index in [0.717, 1.165) is 29.0 Å². The van der Waals surface area contributed by atoms with Crippen molar-refractivity contribution in [3.05, 3.63) is 54.0 Å². The first-order valence-electron chi connectivity index (χ1n) is 9.25. The van der Waals surface area contributed by atoms with E-state index < -0.39 is 10.0 Å². The highest BCUT2D eigenvalue weighted by atomic mass is 32.2. The van der Waals surface area contributed by atoms with Crippen molar-refractivity contribution in [2.45, 2.75) is 37.0 Å². The molecule has 0 spiro atoms. The molecule has 0 N–H and O–H groups in total. The van der Waals surface area contributed by atoms with Gasteiger partial charge in [-0.1, -0.05) is 26.0 Å². The lowest BCUT2D eigenvalue weighted by molar-refractivity contribution is 0.470. The molecule has 6 nitrogen and oxygen atoms in total. The van der Waals surface area contributed by atoms with Gasteiger partial charge in [-0.2, -0.15) is 4.31 Å². The van der Waals surface area contributed by atoms with Crippen molar-refractivity contribution in [2.24, 2.45) is 7.05 Å². The Labute approximate surface area is 159 Å². The van der Waals surface area contributed by atoms with Crippen molar-refractivity contribution >= 4 is 21.2 Å². The molecule has 1 aliphatic rings. The second kappa shape index (κ2) is 6.73. The summed E-state index contributed by atoms with van der Waals surface area (Å²) in [5.74, 6) is 1.36. The molecular formula is C20H24N4O2S. The van der Waals surface area contributed by atoms with Gasteiger partial charge in [-0.05, 0) is 42.2 Å². The van der Waals surface area contributed by atoms with Gasteiger partial charge in [0.05, 0.1) is 4.90 Å². The molecule has 1 fully saturated rings. The first kappa shape index (κ1) is 18.1. The topological polar surface area (TPSA) is 68.1 Å². The molecule has 0 aliphatic carbocycles. The summed E-state index contributed by atoms with van der Waals surface area (Å²) in [6, 6.07) is 11.1. The number of rotatable bonds is 4. The molecule has 0 amide bonds. The monoisotopic (exact) mass is 384 g/mol. The van der Waals surface area contributed by atoms with Crippen molar-refractivity contribution in [1.82, 2.24) is 18.8 Å². The third-order valence-electron chi connectivity index (χ3n) is 5.36. The van der Waals surface area contributed by atoms with Crippen LogP contribution in [-0.4, -0.2) is 40.3 Å². The molecule has 1 aromatic carbocycles. The van der Waals surface area contributed by atoms with Gasteiger partial charge in [-0.15, -0.1) is 0 Å². The van der Waals surface area contributed by atoms with Gasteiger partial charge in [-0.3, -0.25) is 0 Å². The molecule has 0 radical (unpaired) electrons. The highest BCUT2D eigenvalue weighted by Crippen LogP contribution is 2.32. The van der Waals surface area contributed by atoms with Crippen LogP contribution in [0.3, 0.4) is 0 Å². The summed E-state index contributed by atoms with van der Waals surface area (Å²) in [4.78, 5) is 9.43. The van der Waals surface area contributed by atoms with Gasteiger partial charge in [0.2, 0.25) is 10.0 Å². The summed E-state index contributed by atoms with van der Waals surface area (Å²) >= 11 is 0. The Kier molecular flexibility index (Phi) is 4.52. The number of imidazole rings is 1. The van der Waals surface area contributed by atoms with Crippen LogP contribution in [0.25, 0.3) is 11.2 Å². The molecule has 4 rings (SSSR count). The van der Waals surface area contributed by atoms with E-state index in [1.165, 1.54) is 0 Å². The lowest BCUT2D eigenvalue weighted by Gasteiger charge is -2.17. The van der Waals surface area contributed by atoms with Crippen LogP contribution in [0.15, 0.2) is 47.5 Å². The quantitative estimate of drug-likeness (QED) is 0.692. The molecule has 1 aliphatic heterocycles. The molecule has 1 atom stereocenters. The Balaban J connectivity index is 1.58. The Morgan fingerprint density at radius 2 is 1.89 bits per heavy atom. The predicted octanol–water partition coefficient (Wildman–Crippen LogP) is 3.27. The normalized spacial score (nSPS) is 18.6. The van der Waals surface area contributed by atoms with Crippen molar-refractivity contribution in [3.63, 3.8) is 0 Å². The SMILES string of the molecule is CC(C)c1ccc(S(=O)(=O)N2CCC(c3nc4cccnc4n3C)C2)cc1. The summed E-state index contributed by atoms with van der Waals surface area (Å²) < 4.78 is 29.6. The maximum atomic E-state index is 13.0. The van der Waals surface area contributed by atoms with Crippen LogP contribution in [-0.2, 0) is 17.1 Å². The highest BCUT2D eigenvalue weighted by molar-refractivity contribution is 7.89. The number of hydrogen-bond donors (Lipinski definition) is 0. The average Bonchev–Trinajstić information content (AvgIpc) is 3.28. The van der Waals surface area contributed by atoms with Gasteiger partial charge < -0.3 is 4.57 Å². The van der Waals surface area contributed by atoms with Crippen molar-refractivity contribution in [3.8, 4) is 0 Å². The molecular weight excluding hydrogens is 360 g/mol. The zero-order valence-electron chi connectivity index (χ0n) is 15.8. The zero-order chi connectivity index (χ0) is 19.2. The van der Waals surface area contributed by atoms with E-state index in [4.69, 9.17) is 4.98 Å². The van der Waals surface area contributed by atoms with Crippen LogP contribution in [0, 0.1) is 0 Å². The van der Waals surface area contributed by atoms with E-state index in [1.807, 2.05) is 35.9 Å². The first-order valence-corrected chi connectivity index (χ1v) is 10.7. The third kappa shape index (κ3) is 3.15. The lowest BCUT2D eigenvalue weighted by atomic mass is 10.0. The molecule has 27 heavy (non-hydrogen) atoms. The number of pyridine rings is 1. The van der Waals surface area contributed by atoms with E-state index >= 15 is 0 Å². The molecule has 2 aromatic heterocycles. The largest absolute Gasteiger partial charge is 0.316 e. The number of hydrogen-bond acceptors (Lipinski definition) is 4. The number of nitrogens with zero attached hydrogens (tertiary/aromatic N) is 4. The van der Waals surface area contributed by atoms with Gasteiger partial charge in [0.1, 0.15) is 11.3 Å². The maximum Gasteiger partial charge on any atom is 0.243 e. The van der Waals surface area contributed by atoms with Gasteiger partial charge in [0, 0.05) is 32.3 Å². The number of aryl methyl sites for hydroxylation is 1. The number of sulfonamides is 1. The predicted molar refractivity (Wildman–Crippen MR) is 105 cm³/mol. The number of aromatic nitrogens is 3. The van der Waals surface area contributed by atoms with Crippen molar-refractivity contribution in [2.75, 3.05) is 13.1 Å². The molecule has 3 heterocycles. The van der Waals surface area contributed by atoms with Crippen LogP contribution in [0.1, 0.15) is 43.5 Å². The Hall–Kier alpha value is -2.25. The summed E-state index contributed by atoms with van der Waals surface area (Å²) in [6.07, 6.45) is 2.51. The first-order chi connectivity index (χ1) is 12.9. The summed E-state index contributed by atoms with van der Waals surface area (Å²) in [5, 5.41) is 0. The summed E-state index contributed by atoms with van der Waals surface area (Å²) in [7, 11) is -1.54. The minimum absolute atomic E-state index is 0.0777. The fraction of sp³-hybridized carbons (Fsp3) is 0.400. The van der Waals surface area contributed by atoms with Crippen LogP contribution in [0.5, 0.6) is 0 Å². The molecule has 1 saturated heterocycles. The highest BCUT2D eigenvalue weighted by Gasteiger charge is 2.35.